The molecule has 1 radical (unpaired) electrons. The molecule has 0 atom stereocenters. The SMILES string of the molecule is CCC(C)(CC)C(=O)/C=C(\O)C(C)C.Cc1cnc2c3c(ccc(C(C)(C)C)c13)Oc1cc3ccccc3[c-]c1-2.[Ir]. The Morgan fingerprint density at radius 1 is 1.02 bits per heavy atom. The Hall–Kier alpha value is -3.01. The predicted octanol–water partition coefficient (Wildman–Crippen LogP) is 10.0. The Kier molecular flexibility index (Phi) is 9.88. The number of hydrogen-bond acceptors (Lipinski definition) is 4. The van der Waals surface area contributed by atoms with Crippen LogP contribution in [0.5, 0.6) is 11.5 Å². The molecule has 1 aromatic heterocycles. The molecule has 1 N–H and O–H groups in total. The van der Waals surface area contributed by atoms with E-state index < -0.39 is 0 Å². The molecule has 4 nitrogen and oxygen atoms in total. The summed E-state index contributed by atoms with van der Waals surface area (Å²) in [4.78, 5) is 16.6. The number of carbonyl (C=O) groups excluding carboxylic acids is 1. The molecule has 3 aromatic carbocycles. The van der Waals surface area contributed by atoms with Gasteiger partial charge >= 0.3 is 0 Å². The second-order valence-electron chi connectivity index (χ2n) is 12.5. The number of aliphatic hydroxyl groups excluding tert-OH is 1. The van der Waals surface area contributed by atoms with Gasteiger partial charge in [0, 0.05) is 54.8 Å². The summed E-state index contributed by atoms with van der Waals surface area (Å²) >= 11 is 0. The molecule has 1 aliphatic heterocycles. The van der Waals surface area contributed by atoms with E-state index in [0.717, 1.165) is 51.8 Å². The number of nitrogens with zero attached hydrogens (tertiary/aromatic N) is 1. The minimum atomic E-state index is -0.317. The van der Waals surface area contributed by atoms with E-state index in [1.807, 2.05) is 52.9 Å². The molecule has 2 heterocycles. The van der Waals surface area contributed by atoms with Crippen molar-refractivity contribution in [3.8, 4) is 22.8 Å². The van der Waals surface area contributed by atoms with Crippen molar-refractivity contribution in [2.45, 2.75) is 80.6 Å². The number of aromatic nitrogens is 1. The van der Waals surface area contributed by atoms with Crippen LogP contribution in [0, 0.1) is 24.3 Å². The number of fused-ring (bicyclic) bond motifs is 3. The number of ketones is 1. The van der Waals surface area contributed by atoms with E-state index in [4.69, 9.17) is 9.72 Å². The van der Waals surface area contributed by atoms with Crippen LogP contribution in [0.1, 0.15) is 79.4 Å². The molecule has 4 aromatic rings. The van der Waals surface area contributed by atoms with Crippen LogP contribution in [0.4, 0.5) is 0 Å². The van der Waals surface area contributed by atoms with E-state index in [9.17, 15) is 9.90 Å². The van der Waals surface area contributed by atoms with Gasteiger partial charge in [0.1, 0.15) is 5.75 Å². The molecule has 5 heteroatoms. The topological polar surface area (TPSA) is 59.4 Å². The van der Waals surface area contributed by atoms with Crippen molar-refractivity contribution in [2.24, 2.45) is 11.3 Å². The summed E-state index contributed by atoms with van der Waals surface area (Å²) in [5, 5.41) is 14.1. The minimum absolute atomic E-state index is 0. The Balaban J connectivity index is 0.000000267. The van der Waals surface area contributed by atoms with Crippen LogP contribution in [-0.2, 0) is 30.3 Å². The van der Waals surface area contributed by atoms with Gasteiger partial charge in [-0.1, -0.05) is 96.7 Å². The molecule has 0 saturated carbocycles. The first kappa shape index (κ1) is 32.5. The second-order valence-corrected chi connectivity index (χ2v) is 12.5. The molecule has 0 spiro atoms. The summed E-state index contributed by atoms with van der Waals surface area (Å²) < 4.78 is 6.31. The van der Waals surface area contributed by atoms with Crippen LogP contribution >= 0.6 is 0 Å². The fourth-order valence-corrected chi connectivity index (χ4v) is 5.01. The average molecular weight is 729 g/mol. The van der Waals surface area contributed by atoms with E-state index in [1.54, 1.807) is 0 Å². The number of aliphatic hydroxyl groups is 1. The average Bonchev–Trinajstić information content (AvgIpc) is 2.92. The maximum absolute atomic E-state index is 11.8. The fourth-order valence-electron chi connectivity index (χ4n) is 5.01. The van der Waals surface area contributed by atoms with Gasteiger partial charge in [-0.05, 0) is 47.8 Å². The third-order valence-electron chi connectivity index (χ3n) is 8.23. The molecule has 0 amide bonds. The molecule has 41 heavy (non-hydrogen) atoms. The maximum Gasteiger partial charge on any atom is 0.164 e. The zero-order valence-corrected chi connectivity index (χ0v) is 28.1. The van der Waals surface area contributed by atoms with Crippen LogP contribution in [0.2, 0.25) is 0 Å². The molecule has 0 bridgehead atoms. The third kappa shape index (κ3) is 6.42. The van der Waals surface area contributed by atoms with Gasteiger partial charge in [-0.3, -0.25) is 9.78 Å². The van der Waals surface area contributed by atoms with Gasteiger partial charge in [-0.25, -0.2) is 0 Å². The Bertz CT molecular complexity index is 1610. The first-order chi connectivity index (χ1) is 18.8. The van der Waals surface area contributed by atoms with Gasteiger partial charge in [-0.2, -0.15) is 0 Å². The summed E-state index contributed by atoms with van der Waals surface area (Å²) in [7, 11) is 0. The van der Waals surface area contributed by atoms with Crippen molar-refractivity contribution in [1.82, 2.24) is 4.98 Å². The molecule has 1 aliphatic rings. The molecule has 0 aliphatic carbocycles. The smallest absolute Gasteiger partial charge is 0.164 e. The van der Waals surface area contributed by atoms with Crippen LogP contribution in [-0.4, -0.2) is 15.9 Å². The number of pyridine rings is 1. The van der Waals surface area contributed by atoms with Gasteiger partial charge in [0.2, 0.25) is 0 Å². The number of aryl methyl sites for hydroxylation is 1. The van der Waals surface area contributed by atoms with Crippen molar-refractivity contribution in [2.75, 3.05) is 0 Å². The molecule has 0 saturated heterocycles. The maximum atomic E-state index is 11.8. The quantitative estimate of drug-likeness (QED) is 0.111. The Morgan fingerprint density at radius 2 is 1.68 bits per heavy atom. The van der Waals surface area contributed by atoms with Gasteiger partial charge in [0.25, 0.3) is 0 Å². The number of hydrogen-bond donors (Lipinski definition) is 1. The summed E-state index contributed by atoms with van der Waals surface area (Å²) in [6.45, 7) is 18.6. The van der Waals surface area contributed by atoms with Gasteiger partial charge in [0.05, 0.1) is 11.5 Å². The van der Waals surface area contributed by atoms with E-state index in [-0.39, 0.29) is 48.4 Å². The van der Waals surface area contributed by atoms with Crippen LogP contribution in [0.15, 0.2) is 60.5 Å². The van der Waals surface area contributed by atoms with Gasteiger partial charge in [-0.15, -0.1) is 17.5 Å². The van der Waals surface area contributed by atoms with Crippen LogP contribution < -0.4 is 4.74 Å². The van der Waals surface area contributed by atoms with Crippen LogP contribution in [0.3, 0.4) is 0 Å². The van der Waals surface area contributed by atoms with Gasteiger partial charge in [0.15, 0.2) is 5.78 Å². The number of benzene rings is 3. The largest absolute Gasteiger partial charge is 0.512 e. The fraction of sp³-hybridized carbons (Fsp3) is 0.389. The monoisotopic (exact) mass is 729 g/mol. The zero-order chi connectivity index (χ0) is 29.4. The molecule has 0 fully saturated rings. The molecular formula is C36H42IrNO3-. The van der Waals surface area contributed by atoms with Crippen molar-refractivity contribution < 1.29 is 34.7 Å². The predicted molar refractivity (Wildman–Crippen MR) is 166 cm³/mol. The van der Waals surface area contributed by atoms with E-state index in [2.05, 4.69) is 64.1 Å². The normalized spacial score (nSPS) is 12.8. The number of rotatable bonds is 5. The number of allylic oxidation sites excluding steroid dienone is 2. The van der Waals surface area contributed by atoms with Gasteiger partial charge < -0.3 is 9.84 Å². The second kappa shape index (κ2) is 12.5. The zero-order valence-electron chi connectivity index (χ0n) is 25.7. The van der Waals surface area contributed by atoms with E-state index >= 15 is 0 Å². The van der Waals surface area contributed by atoms with Crippen molar-refractivity contribution in [3.05, 3.63) is 77.7 Å². The van der Waals surface area contributed by atoms with E-state index in [1.165, 1.54) is 22.6 Å². The third-order valence-corrected chi connectivity index (χ3v) is 8.23. The standard InChI is InChI=1S/C24H20NO.C12H22O2.Ir/c1-14-13-25-23-17-11-15-7-5-6-8-16(15)12-20(17)26-19-10-9-18(24(2,3)4)21(14)22(19)23;1-6-12(5,7-2)11(14)8-10(13)9(3)4;/h5-10,12-13H,1-4H3;8-9,13H,6-7H2,1-5H3;/q-1;;/b;10-8-;. The van der Waals surface area contributed by atoms with Crippen molar-refractivity contribution >= 4 is 27.3 Å². The first-order valence-corrected chi connectivity index (χ1v) is 14.3. The summed E-state index contributed by atoms with van der Waals surface area (Å²) in [6, 6.07) is 18.2. The molecular weight excluding hydrogens is 687 g/mol. The van der Waals surface area contributed by atoms with Crippen molar-refractivity contribution in [1.29, 1.82) is 0 Å². The summed E-state index contributed by atoms with van der Waals surface area (Å²) in [5.41, 5.74) is 4.16. The van der Waals surface area contributed by atoms with Crippen molar-refractivity contribution in [3.63, 3.8) is 0 Å². The van der Waals surface area contributed by atoms with E-state index in [0.29, 0.717) is 0 Å². The summed E-state index contributed by atoms with van der Waals surface area (Å²) in [5.74, 6) is 1.96. The Morgan fingerprint density at radius 3 is 2.29 bits per heavy atom. The summed E-state index contributed by atoms with van der Waals surface area (Å²) in [6.07, 6.45) is 4.99. The molecule has 5 rings (SSSR count). The Labute approximate surface area is 258 Å². The first-order valence-electron chi connectivity index (χ1n) is 14.3. The minimum Gasteiger partial charge on any atom is -0.512 e. The molecule has 0 unspecified atom stereocenters. The molecule has 219 valence electrons. The van der Waals surface area contributed by atoms with Crippen LogP contribution in [0.25, 0.3) is 32.8 Å². The number of ether oxygens (including phenoxy) is 1. The number of carbonyl (C=O) groups is 1.